The van der Waals surface area contributed by atoms with Gasteiger partial charge in [0.15, 0.2) is 0 Å². The van der Waals surface area contributed by atoms with E-state index in [0.29, 0.717) is 21.7 Å². The first kappa shape index (κ1) is 12.0. The molecule has 17 heavy (non-hydrogen) atoms. The minimum absolute atomic E-state index is 0.263. The Morgan fingerprint density at radius 3 is 2.65 bits per heavy atom. The van der Waals surface area contributed by atoms with E-state index in [0.717, 1.165) is 0 Å². The lowest BCUT2D eigenvalue weighted by molar-refractivity contribution is 0.463. The molecule has 0 amide bonds. The highest BCUT2D eigenvalue weighted by molar-refractivity contribution is 6.32. The summed E-state index contributed by atoms with van der Waals surface area (Å²) in [4.78, 5) is 8.05. The van der Waals surface area contributed by atoms with Gasteiger partial charge in [-0.05, 0) is 12.1 Å². The maximum Gasteiger partial charge on any atom is 0.243 e. The molecule has 88 valence electrons. The van der Waals surface area contributed by atoms with Crippen molar-refractivity contribution in [2.75, 3.05) is 12.4 Å². The fourth-order valence-corrected chi connectivity index (χ4v) is 1.48. The van der Waals surface area contributed by atoms with E-state index in [1.54, 1.807) is 19.2 Å². The third-order valence-electron chi connectivity index (χ3n) is 1.98. The van der Waals surface area contributed by atoms with Gasteiger partial charge in [0, 0.05) is 7.05 Å². The summed E-state index contributed by atoms with van der Waals surface area (Å²) in [5.74, 6) is 1.19. The van der Waals surface area contributed by atoms with E-state index in [-0.39, 0.29) is 5.88 Å². The normalized spacial score (nSPS) is 10.1. The van der Waals surface area contributed by atoms with E-state index in [2.05, 4.69) is 15.3 Å². The summed E-state index contributed by atoms with van der Waals surface area (Å²) >= 11 is 11.9. The smallest absolute Gasteiger partial charge is 0.243 e. The summed E-state index contributed by atoms with van der Waals surface area (Å²) in [6.45, 7) is 0. The Morgan fingerprint density at radius 2 is 1.94 bits per heavy atom. The predicted octanol–water partition coefficient (Wildman–Crippen LogP) is 3.62. The zero-order valence-electron chi connectivity index (χ0n) is 8.95. The minimum Gasteiger partial charge on any atom is -0.436 e. The molecule has 0 bridgehead atoms. The van der Waals surface area contributed by atoms with E-state index in [1.807, 2.05) is 12.1 Å². The highest BCUT2D eigenvalue weighted by atomic mass is 35.5. The Balaban J connectivity index is 2.32. The number of benzene rings is 1. The largest absolute Gasteiger partial charge is 0.436 e. The van der Waals surface area contributed by atoms with Crippen LogP contribution >= 0.6 is 23.2 Å². The van der Waals surface area contributed by atoms with Gasteiger partial charge in [0.2, 0.25) is 11.8 Å². The van der Waals surface area contributed by atoms with E-state index in [9.17, 15) is 0 Å². The van der Waals surface area contributed by atoms with Crippen molar-refractivity contribution in [2.45, 2.75) is 0 Å². The van der Waals surface area contributed by atoms with Gasteiger partial charge in [0.1, 0.15) is 10.8 Å². The van der Waals surface area contributed by atoms with Gasteiger partial charge in [-0.2, -0.15) is 4.98 Å². The van der Waals surface area contributed by atoms with E-state index < -0.39 is 0 Å². The van der Waals surface area contributed by atoms with E-state index >= 15 is 0 Å². The summed E-state index contributed by atoms with van der Waals surface area (Å²) < 4.78 is 5.53. The second-order valence-corrected chi connectivity index (χ2v) is 3.94. The monoisotopic (exact) mass is 269 g/mol. The first-order valence-electron chi connectivity index (χ1n) is 4.83. The number of para-hydroxylation sites is 1. The standard InChI is InChI=1S/C11H9Cl2N3O/c1-14-11-15-6-8(13)10(16-11)17-9-5-3-2-4-7(9)12/h2-6H,1H3,(H,14,15,16). The van der Waals surface area contributed by atoms with Gasteiger partial charge < -0.3 is 10.1 Å². The average Bonchev–Trinajstić information content (AvgIpc) is 2.35. The molecule has 6 heteroatoms. The molecule has 0 aliphatic carbocycles. The molecule has 0 radical (unpaired) electrons. The van der Waals surface area contributed by atoms with Gasteiger partial charge in [0.05, 0.1) is 11.2 Å². The Bertz CT molecular complexity index is 534. The molecule has 1 heterocycles. The Labute approximate surface area is 109 Å². The van der Waals surface area contributed by atoms with Crippen molar-refractivity contribution in [3.05, 3.63) is 40.5 Å². The summed E-state index contributed by atoms with van der Waals surface area (Å²) in [7, 11) is 1.71. The summed E-state index contributed by atoms with van der Waals surface area (Å²) in [5.41, 5.74) is 0. The number of halogens is 2. The molecule has 1 aromatic heterocycles. The maximum absolute atomic E-state index is 5.97. The van der Waals surface area contributed by atoms with Crippen LogP contribution in [0.25, 0.3) is 0 Å². The molecule has 0 aliphatic heterocycles. The van der Waals surface area contributed by atoms with Crippen LogP contribution in [0.5, 0.6) is 11.6 Å². The molecule has 2 aromatic rings. The first-order valence-corrected chi connectivity index (χ1v) is 5.59. The van der Waals surface area contributed by atoms with E-state index in [4.69, 9.17) is 27.9 Å². The zero-order chi connectivity index (χ0) is 12.3. The van der Waals surface area contributed by atoms with Crippen LogP contribution in [0.1, 0.15) is 0 Å². The van der Waals surface area contributed by atoms with Gasteiger partial charge in [-0.1, -0.05) is 35.3 Å². The highest BCUT2D eigenvalue weighted by Crippen LogP contribution is 2.31. The SMILES string of the molecule is CNc1ncc(Cl)c(Oc2ccccc2Cl)n1. The Kier molecular flexibility index (Phi) is 3.66. The van der Waals surface area contributed by atoms with Crippen LogP contribution in [0, 0.1) is 0 Å². The molecule has 1 aromatic carbocycles. The van der Waals surface area contributed by atoms with Gasteiger partial charge >= 0.3 is 0 Å². The fraction of sp³-hybridized carbons (Fsp3) is 0.0909. The minimum atomic E-state index is 0.263. The van der Waals surface area contributed by atoms with Crippen LogP contribution in [0.4, 0.5) is 5.95 Å². The summed E-state index contributed by atoms with van der Waals surface area (Å²) in [5, 5.41) is 3.62. The van der Waals surface area contributed by atoms with E-state index in [1.165, 1.54) is 6.20 Å². The van der Waals surface area contributed by atoms with Crippen molar-refractivity contribution in [1.29, 1.82) is 0 Å². The number of rotatable bonds is 3. The topological polar surface area (TPSA) is 47.0 Å². The van der Waals surface area contributed by atoms with Crippen molar-refractivity contribution >= 4 is 29.2 Å². The van der Waals surface area contributed by atoms with Gasteiger partial charge in [0.25, 0.3) is 0 Å². The third kappa shape index (κ3) is 2.78. The molecule has 1 N–H and O–H groups in total. The maximum atomic E-state index is 5.97. The van der Waals surface area contributed by atoms with Crippen LogP contribution in [-0.2, 0) is 0 Å². The number of anilines is 1. The van der Waals surface area contributed by atoms with Crippen molar-refractivity contribution < 1.29 is 4.74 Å². The molecule has 0 spiro atoms. The first-order chi connectivity index (χ1) is 8.20. The number of hydrogen-bond donors (Lipinski definition) is 1. The lowest BCUT2D eigenvalue weighted by atomic mass is 10.3. The molecule has 0 unspecified atom stereocenters. The quantitative estimate of drug-likeness (QED) is 0.925. The Morgan fingerprint density at radius 1 is 1.18 bits per heavy atom. The van der Waals surface area contributed by atoms with Crippen LogP contribution in [-0.4, -0.2) is 17.0 Å². The highest BCUT2D eigenvalue weighted by Gasteiger charge is 2.09. The lowest BCUT2D eigenvalue weighted by Crippen LogP contribution is -1.98. The summed E-state index contributed by atoms with van der Waals surface area (Å²) in [6, 6.07) is 7.09. The number of ether oxygens (including phenoxy) is 1. The Hall–Kier alpha value is -1.52. The third-order valence-corrected chi connectivity index (χ3v) is 2.55. The molecular formula is C11H9Cl2N3O. The van der Waals surface area contributed by atoms with Gasteiger partial charge in [-0.15, -0.1) is 0 Å². The van der Waals surface area contributed by atoms with Crippen LogP contribution in [0.2, 0.25) is 10.0 Å². The second kappa shape index (κ2) is 5.21. The van der Waals surface area contributed by atoms with Crippen molar-refractivity contribution in [1.82, 2.24) is 9.97 Å². The molecule has 0 fully saturated rings. The number of aromatic nitrogens is 2. The van der Waals surface area contributed by atoms with Crippen LogP contribution < -0.4 is 10.1 Å². The van der Waals surface area contributed by atoms with Crippen LogP contribution in [0.3, 0.4) is 0 Å². The van der Waals surface area contributed by atoms with Crippen molar-refractivity contribution in [2.24, 2.45) is 0 Å². The zero-order valence-corrected chi connectivity index (χ0v) is 10.5. The van der Waals surface area contributed by atoms with Crippen LogP contribution in [0.15, 0.2) is 30.5 Å². The molecule has 4 nitrogen and oxygen atoms in total. The summed E-state index contributed by atoms with van der Waals surface area (Å²) in [6.07, 6.45) is 1.46. The molecular weight excluding hydrogens is 261 g/mol. The predicted molar refractivity (Wildman–Crippen MR) is 68.1 cm³/mol. The molecule has 2 rings (SSSR count). The molecule has 0 atom stereocenters. The van der Waals surface area contributed by atoms with Gasteiger partial charge in [-0.25, -0.2) is 4.98 Å². The number of nitrogens with zero attached hydrogens (tertiary/aromatic N) is 2. The number of hydrogen-bond acceptors (Lipinski definition) is 4. The van der Waals surface area contributed by atoms with Crippen molar-refractivity contribution in [3.63, 3.8) is 0 Å². The number of nitrogens with one attached hydrogen (secondary N) is 1. The average molecular weight is 270 g/mol. The molecule has 0 saturated carbocycles. The van der Waals surface area contributed by atoms with Gasteiger partial charge in [-0.3, -0.25) is 0 Å². The lowest BCUT2D eigenvalue weighted by Gasteiger charge is -2.08. The van der Waals surface area contributed by atoms with Crippen molar-refractivity contribution in [3.8, 4) is 11.6 Å². The fourth-order valence-electron chi connectivity index (χ4n) is 1.18. The molecule has 0 aliphatic rings. The molecule has 0 saturated heterocycles. The second-order valence-electron chi connectivity index (χ2n) is 3.13.